The smallest absolute Gasteiger partial charge is 0.244 e. The molecule has 3 fully saturated rings. The van der Waals surface area contributed by atoms with Crippen molar-refractivity contribution in [2.75, 3.05) is 13.2 Å². The second-order valence-corrected chi connectivity index (χ2v) is 13.0. The van der Waals surface area contributed by atoms with Crippen molar-refractivity contribution in [3.8, 4) is 0 Å². The molecule has 1 aromatic rings. The van der Waals surface area contributed by atoms with Crippen LogP contribution in [0.2, 0.25) is 0 Å². The van der Waals surface area contributed by atoms with Gasteiger partial charge in [0.1, 0.15) is 6.04 Å². The molecule has 8 heteroatoms. The number of aliphatic hydroxyl groups is 1. The number of thioether (sulfide) groups is 1. The van der Waals surface area contributed by atoms with E-state index < -0.39 is 28.7 Å². The molecule has 3 N–H and O–H groups in total. The summed E-state index contributed by atoms with van der Waals surface area (Å²) in [6, 6.07) is 8.64. The fourth-order valence-electron chi connectivity index (χ4n) is 6.86. The van der Waals surface area contributed by atoms with Crippen LogP contribution in [-0.4, -0.2) is 63.0 Å². The van der Waals surface area contributed by atoms with Crippen LogP contribution in [0.5, 0.6) is 0 Å². The molecule has 37 heavy (non-hydrogen) atoms. The number of unbranched alkanes of at least 4 members (excludes halogenated alkanes) is 2. The van der Waals surface area contributed by atoms with Crippen LogP contribution in [0.1, 0.15) is 65.4 Å². The van der Waals surface area contributed by atoms with E-state index in [2.05, 4.69) is 38.3 Å². The van der Waals surface area contributed by atoms with Gasteiger partial charge in [-0.1, -0.05) is 70.9 Å². The summed E-state index contributed by atoms with van der Waals surface area (Å²) in [6.07, 6.45) is 4.40. The highest BCUT2D eigenvalue weighted by Gasteiger charge is 2.76. The molecular weight excluding hydrogens is 486 g/mol. The van der Waals surface area contributed by atoms with Gasteiger partial charge >= 0.3 is 0 Å². The Morgan fingerprint density at radius 3 is 2.54 bits per heavy atom. The lowest BCUT2D eigenvalue weighted by atomic mass is 9.66. The van der Waals surface area contributed by atoms with Crippen molar-refractivity contribution in [1.29, 1.82) is 0 Å². The summed E-state index contributed by atoms with van der Waals surface area (Å²) in [4.78, 5) is 43.3. The number of hydrogen-bond acceptors (Lipinski definition) is 5. The van der Waals surface area contributed by atoms with Gasteiger partial charge in [0.25, 0.3) is 0 Å². The second kappa shape index (κ2) is 11.8. The third-order valence-electron chi connectivity index (χ3n) is 8.47. The summed E-state index contributed by atoms with van der Waals surface area (Å²) in [6.45, 7) is 9.16. The maximum absolute atomic E-state index is 14.2. The standard InChI is InChI=1S/C29H43N3O4S/c1-5-6-10-13-30-27(35)25-29-19(4)15-22(37-29)23(26(34)31-16-20-11-8-7-9-12-20)24(29)28(36)32(25)21(17-33)14-18(2)3/h7-9,11-12,18-19,21-25,33H,5-6,10,13-17H2,1-4H3,(H,30,35)(H,31,34)/t19?,21-,22-,23+,24+,25?,29?/m1/s1. The van der Waals surface area contributed by atoms with Crippen molar-refractivity contribution in [1.82, 2.24) is 15.5 Å². The predicted octanol–water partition coefficient (Wildman–Crippen LogP) is 3.35. The molecule has 1 spiro atoms. The molecule has 0 aromatic heterocycles. The lowest BCUT2D eigenvalue weighted by Crippen LogP contribution is -2.58. The first-order valence-corrected chi connectivity index (χ1v) is 14.8. The number of hydrogen-bond donors (Lipinski definition) is 3. The topological polar surface area (TPSA) is 98.7 Å². The maximum Gasteiger partial charge on any atom is 0.244 e. The van der Waals surface area contributed by atoms with Crippen molar-refractivity contribution < 1.29 is 19.5 Å². The number of aliphatic hydroxyl groups excluding tert-OH is 1. The van der Waals surface area contributed by atoms with Crippen LogP contribution in [0.3, 0.4) is 0 Å². The summed E-state index contributed by atoms with van der Waals surface area (Å²) < 4.78 is -0.657. The van der Waals surface area contributed by atoms with Gasteiger partial charge in [0, 0.05) is 18.3 Å². The van der Waals surface area contributed by atoms with Gasteiger partial charge < -0.3 is 20.6 Å². The first-order valence-electron chi connectivity index (χ1n) is 14.0. The molecule has 1 aromatic carbocycles. The lowest BCUT2D eigenvalue weighted by Gasteiger charge is -2.40. The van der Waals surface area contributed by atoms with Gasteiger partial charge in [-0.3, -0.25) is 14.4 Å². The van der Waals surface area contributed by atoms with Crippen LogP contribution in [-0.2, 0) is 20.9 Å². The highest BCUT2D eigenvalue weighted by molar-refractivity contribution is 8.02. The third-order valence-corrected chi connectivity index (χ3v) is 10.5. The highest BCUT2D eigenvalue weighted by Crippen LogP contribution is 2.68. The van der Waals surface area contributed by atoms with Crippen LogP contribution in [0.15, 0.2) is 30.3 Å². The highest BCUT2D eigenvalue weighted by atomic mass is 32.2. The minimum atomic E-state index is -0.681. The van der Waals surface area contributed by atoms with Crippen molar-refractivity contribution in [2.45, 2.75) is 88.4 Å². The Balaban J connectivity index is 1.64. The van der Waals surface area contributed by atoms with Crippen LogP contribution >= 0.6 is 11.8 Å². The first kappa shape index (κ1) is 28.0. The van der Waals surface area contributed by atoms with Gasteiger partial charge in [0.2, 0.25) is 17.7 Å². The van der Waals surface area contributed by atoms with Crippen LogP contribution in [0.25, 0.3) is 0 Å². The number of benzene rings is 1. The molecule has 3 amide bonds. The van der Waals surface area contributed by atoms with E-state index >= 15 is 0 Å². The van der Waals surface area contributed by atoms with Crippen molar-refractivity contribution in [2.24, 2.45) is 23.7 Å². The number of fused-ring (bicyclic) bond motifs is 1. The zero-order chi connectivity index (χ0) is 26.7. The van der Waals surface area contributed by atoms with Gasteiger partial charge in [0.05, 0.1) is 29.2 Å². The molecule has 7 nitrogen and oxygen atoms in total. The van der Waals surface area contributed by atoms with E-state index in [0.29, 0.717) is 19.5 Å². The molecule has 0 aliphatic carbocycles. The molecule has 4 rings (SSSR count). The zero-order valence-electron chi connectivity index (χ0n) is 22.6. The normalized spacial score (nSPS) is 31.0. The van der Waals surface area contributed by atoms with Crippen LogP contribution < -0.4 is 10.6 Å². The Bertz CT molecular complexity index is 973. The van der Waals surface area contributed by atoms with E-state index in [9.17, 15) is 19.5 Å². The van der Waals surface area contributed by atoms with E-state index in [-0.39, 0.29) is 41.4 Å². The van der Waals surface area contributed by atoms with Crippen molar-refractivity contribution in [3.05, 3.63) is 35.9 Å². The molecular formula is C29H43N3O4S. The molecule has 0 radical (unpaired) electrons. The Kier molecular flexibility index (Phi) is 8.89. The first-order chi connectivity index (χ1) is 17.8. The molecule has 3 aliphatic rings. The van der Waals surface area contributed by atoms with Gasteiger partial charge in [-0.05, 0) is 36.7 Å². The number of rotatable bonds is 12. The Labute approximate surface area is 225 Å². The van der Waals surface area contributed by atoms with Gasteiger partial charge in [-0.25, -0.2) is 0 Å². The summed E-state index contributed by atoms with van der Waals surface area (Å²) in [7, 11) is 0. The lowest BCUT2D eigenvalue weighted by molar-refractivity contribution is -0.143. The van der Waals surface area contributed by atoms with E-state index in [0.717, 1.165) is 31.2 Å². The Morgan fingerprint density at radius 2 is 1.89 bits per heavy atom. The van der Waals surface area contributed by atoms with Crippen molar-refractivity contribution in [3.63, 3.8) is 0 Å². The molecule has 3 aliphatic heterocycles. The number of nitrogens with one attached hydrogen (secondary N) is 2. The number of carbonyl (C=O) groups excluding carboxylic acids is 3. The van der Waals surface area contributed by atoms with Gasteiger partial charge in [-0.15, -0.1) is 11.8 Å². The molecule has 3 saturated heterocycles. The molecule has 3 heterocycles. The summed E-state index contributed by atoms with van der Waals surface area (Å²) >= 11 is 1.68. The van der Waals surface area contributed by atoms with E-state index in [1.165, 1.54) is 0 Å². The average molecular weight is 530 g/mol. The number of amides is 3. The largest absolute Gasteiger partial charge is 0.394 e. The van der Waals surface area contributed by atoms with Crippen molar-refractivity contribution >= 4 is 29.5 Å². The SMILES string of the molecule is CCCCCNC(=O)C1N([C@@H](CO)CC(C)C)C(=O)[C@@H]2[C@@H](C(=O)NCc3ccccc3)[C@H]3CC(C)C12S3. The minimum absolute atomic E-state index is 0.00920. The second-order valence-electron chi connectivity index (χ2n) is 11.5. The molecule has 2 bridgehead atoms. The Morgan fingerprint density at radius 1 is 1.16 bits per heavy atom. The number of carbonyl (C=O) groups is 3. The number of likely N-dealkylation sites (tertiary alicyclic amines) is 1. The Hall–Kier alpha value is -2.06. The molecule has 204 valence electrons. The number of nitrogens with zero attached hydrogens (tertiary/aromatic N) is 1. The fourth-order valence-corrected chi connectivity index (χ4v) is 9.27. The van der Waals surface area contributed by atoms with E-state index in [1.807, 2.05) is 30.3 Å². The third kappa shape index (κ3) is 5.16. The minimum Gasteiger partial charge on any atom is -0.394 e. The van der Waals surface area contributed by atoms with Crippen LogP contribution in [0, 0.1) is 23.7 Å². The molecule has 3 unspecified atom stereocenters. The average Bonchev–Trinajstić information content (AvgIpc) is 3.48. The monoisotopic (exact) mass is 529 g/mol. The zero-order valence-corrected chi connectivity index (χ0v) is 23.4. The summed E-state index contributed by atoms with van der Waals surface area (Å²) in [5.41, 5.74) is 1.01. The fraction of sp³-hybridized carbons (Fsp3) is 0.690. The van der Waals surface area contributed by atoms with Gasteiger partial charge in [-0.2, -0.15) is 0 Å². The molecule has 0 saturated carbocycles. The predicted molar refractivity (Wildman–Crippen MR) is 147 cm³/mol. The maximum atomic E-state index is 14.2. The quantitative estimate of drug-likeness (QED) is 0.361. The van der Waals surface area contributed by atoms with Crippen LogP contribution in [0.4, 0.5) is 0 Å². The van der Waals surface area contributed by atoms with E-state index in [4.69, 9.17) is 0 Å². The summed E-state index contributed by atoms with van der Waals surface area (Å²) in [5, 5.41) is 16.6. The van der Waals surface area contributed by atoms with Gasteiger partial charge in [0.15, 0.2) is 0 Å². The summed E-state index contributed by atoms with van der Waals surface area (Å²) in [5.74, 6) is -1.06. The molecule has 7 atom stereocenters. The van der Waals surface area contributed by atoms with E-state index in [1.54, 1.807) is 16.7 Å².